The molecule has 0 aliphatic carbocycles. The van der Waals surface area contributed by atoms with Crippen molar-refractivity contribution in [1.29, 1.82) is 0 Å². The lowest BCUT2D eigenvalue weighted by Crippen LogP contribution is -2.32. The second-order valence-electron chi connectivity index (χ2n) is 7.76. The second-order valence-corrected chi connectivity index (χ2v) is 9.14. The van der Waals surface area contributed by atoms with Crippen LogP contribution in [0.4, 0.5) is 5.69 Å². The van der Waals surface area contributed by atoms with E-state index in [0.717, 1.165) is 11.3 Å². The Morgan fingerprint density at radius 2 is 1.43 bits per heavy atom. The van der Waals surface area contributed by atoms with E-state index in [1.807, 2.05) is 61.7 Å². The first-order chi connectivity index (χ1) is 16.8. The van der Waals surface area contributed by atoms with Crippen LogP contribution in [-0.2, 0) is 17.2 Å². The monoisotopic (exact) mass is 484 g/mol. The molecule has 1 heterocycles. The first kappa shape index (κ1) is 25.6. The summed E-state index contributed by atoms with van der Waals surface area (Å²) in [6, 6.07) is 28.6. The molecule has 0 aliphatic heterocycles. The molecule has 0 unspecified atom stereocenters. The number of nitrogens with one attached hydrogen (secondary N) is 1. The van der Waals surface area contributed by atoms with Gasteiger partial charge in [-0.3, -0.25) is 0 Å². The maximum Gasteiger partial charge on any atom is 0.212 e. The number of pyridine rings is 1. The molecule has 5 nitrogen and oxygen atoms in total. The van der Waals surface area contributed by atoms with Gasteiger partial charge < -0.3 is 9.87 Å². The van der Waals surface area contributed by atoms with E-state index >= 15 is 0 Å². The number of rotatable bonds is 6. The van der Waals surface area contributed by atoms with E-state index in [1.54, 1.807) is 12.1 Å². The zero-order valence-electron chi connectivity index (χ0n) is 19.7. The molecule has 3 aromatic carbocycles. The van der Waals surface area contributed by atoms with Crippen molar-refractivity contribution in [2.45, 2.75) is 11.8 Å². The van der Waals surface area contributed by atoms with Gasteiger partial charge in [-0.15, -0.1) is 0 Å². The Balaban J connectivity index is 0.000000261. The summed E-state index contributed by atoms with van der Waals surface area (Å²) >= 11 is 0. The van der Waals surface area contributed by atoms with Gasteiger partial charge in [-0.05, 0) is 49.4 Å². The number of allylic oxidation sites excluding steroid dienone is 4. The van der Waals surface area contributed by atoms with E-state index in [0.29, 0.717) is 0 Å². The maximum absolute atomic E-state index is 10.4. The zero-order chi connectivity index (χ0) is 25.1. The van der Waals surface area contributed by atoms with Gasteiger partial charge in [0, 0.05) is 35.5 Å². The molecule has 0 saturated heterocycles. The minimum absolute atomic E-state index is 0.178. The van der Waals surface area contributed by atoms with Crippen LogP contribution in [0, 0.1) is 6.92 Å². The van der Waals surface area contributed by atoms with Crippen molar-refractivity contribution in [2.75, 3.05) is 5.32 Å². The third kappa shape index (κ3) is 8.07. The maximum atomic E-state index is 10.4. The fourth-order valence-corrected chi connectivity index (χ4v) is 3.72. The smallest absolute Gasteiger partial charge is 0.212 e. The van der Waals surface area contributed by atoms with Gasteiger partial charge in [0.1, 0.15) is 17.2 Å². The molecule has 4 aromatic rings. The van der Waals surface area contributed by atoms with Gasteiger partial charge in [-0.25, -0.2) is 8.42 Å². The van der Waals surface area contributed by atoms with Crippen LogP contribution in [0.25, 0.3) is 17.0 Å². The Hall–Kier alpha value is -4.00. The molecule has 0 amide bonds. The van der Waals surface area contributed by atoms with Crippen LogP contribution in [0.15, 0.2) is 126 Å². The molecule has 1 N–H and O–H groups in total. The fourth-order valence-electron chi connectivity index (χ4n) is 3.25. The summed E-state index contributed by atoms with van der Waals surface area (Å²) in [5.74, 6) is 0. The third-order valence-electron chi connectivity index (χ3n) is 5.15. The first-order valence-electron chi connectivity index (χ1n) is 11.1. The number of fused-ring (bicyclic) bond motifs is 1. The van der Waals surface area contributed by atoms with Gasteiger partial charge in [0.2, 0.25) is 11.2 Å². The highest BCUT2D eigenvalue weighted by molar-refractivity contribution is 7.85. The average Bonchev–Trinajstić information content (AvgIpc) is 2.85. The summed E-state index contributed by atoms with van der Waals surface area (Å²) in [4.78, 5) is -0.178. The van der Waals surface area contributed by atoms with Crippen molar-refractivity contribution in [3.05, 3.63) is 133 Å². The standard InChI is InChI=1S/C22H20N2.C7H8O3S/c1-24-21(17-16-19-11-8-9-15-22(19)24)14-7-2-3-10-18-23-20-12-5-4-6-13-20;1-6-2-4-7(5-3-6)11(8,9)10/h2-18H,1H3;2-5H,1H3,(H,8,9,10). The summed E-state index contributed by atoms with van der Waals surface area (Å²) in [7, 11) is -2.18. The van der Waals surface area contributed by atoms with Crippen LogP contribution in [0.5, 0.6) is 0 Å². The van der Waals surface area contributed by atoms with Gasteiger partial charge >= 0.3 is 0 Å². The molecular formula is C29H28N2O3S. The van der Waals surface area contributed by atoms with E-state index in [-0.39, 0.29) is 4.90 Å². The summed E-state index contributed by atoms with van der Waals surface area (Å²) < 4.78 is 33.4. The highest BCUT2D eigenvalue weighted by Crippen LogP contribution is 2.11. The first-order valence-corrected chi connectivity index (χ1v) is 12.5. The number of aryl methyl sites for hydroxylation is 2. The number of benzene rings is 3. The van der Waals surface area contributed by atoms with Crippen LogP contribution >= 0.6 is 0 Å². The summed E-state index contributed by atoms with van der Waals surface area (Å²) in [6.45, 7) is 1.82. The van der Waals surface area contributed by atoms with E-state index < -0.39 is 10.1 Å². The normalized spacial score (nSPS) is 11.7. The van der Waals surface area contributed by atoms with E-state index in [4.69, 9.17) is 0 Å². The Morgan fingerprint density at radius 1 is 0.771 bits per heavy atom. The van der Waals surface area contributed by atoms with Gasteiger partial charge in [0.15, 0.2) is 0 Å². The topological polar surface area (TPSA) is 73.1 Å². The van der Waals surface area contributed by atoms with Gasteiger partial charge in [-0.1, -0.05) is 66.3 Å². The van der Waals surface area contributed by atoms with Crippen molar-refractivity contribution >= 4 is 32.8 Å². The fraction of sp³-hybridized carbons (Fsp3) is 0.0690. The third-order valence-corrected chi connectivity index (χ3v) is 6.00. The molecule has 0 fully saturated rings. The molecule has 0 spiro atoms. The Labute approximate surface area is 207 Å². The van der Waals surface area contributed by atoms with Crippen LogP contribution < -0.4 is 9.88 Å². The Morgan fingerprint density at radius 3 is 2.14 bits per heavy atom. The Kier molecular flexibility index (Phi) is 9.12. The number of hydrogen-bond acceptors (Lipinski definition) is 4. The van der Waals surface area contributed by atoms with Crippen LogP contribution in [0.3, 0.4) is 0 Å². The Bertz CT molecular complexity index is 1440. The molecule has 35 heavy (non-hydrogen) atoms. The quantitative estimate of drug-likeness (QED) is 0.215. The number of hydrogen-bond donors (Lipinski definition) is 1. The SMILES string of the molecule is C[n+]1c(/C=C/C=C/C=C/Nc2ccccc2)ccc2ccccc21.Cc1ccc(S(=O)(=O)[O-])cc1. The number of para-hydroxylation sites is 2. The highest BCUT2D eigenvalue weighted by atomic mass is 32.2. The number of anilines is 1. The van der Waals surface area contributed by atoms with Crippen molar-refractivity contribution in [1.82, 2.24) is 0 Å². The molecule has 6 heteroatoms. The predicted molar refractivity (Wildman–Crippen MR) is 142 cm³/mol. The van der Waals surface area contributed by atoms with Crippen molar-refractivity contribution < 1.29 is 17.5 Å². The molecule has 1 aromatic heterocycles. The van der Waals surface area contributed by atoms with Crippen molar-refractivity contribution in [3.63, 3.8) is 0 Å². The summed E-state index contributed by atoms with van der Waals surface area (Å²) in [5.41, 5.74) is 4.42. The van der Waals surface area contributed by atoms with E-state index in [2.05, 4.69) is 65.5 Å². The molecule has 0 aliphatic rings. The minimum atomic E-state index is -4.27. The molecular weight excluding hydrogens is 456 g/mol. The van der Waals surface area contributed by atoms with Crippen LogP contribution in [0.2, 0.25) is 0 Å². The second kappa shape index (κ2) is 12.5. The molecule has 0 atom stereocenters. The van der Waals surface area contributed by atoms with E-state index in [9.17, 15) is 13.0 Å². The van der Waals surface area contributed by atoms with Gasteiger partial charge in [-0.2, -0.15) is 4.57 Å². The zero-order valence-corrected chi connectivity index (χ0v) is 20.5. The van der Waals surface area contributed by atoms with Gasteiger partial charge in [0.25, 0.3) is 0 Å². The number of nitrogens with zero attached hydrogens (tertiary/aromatic N) is 1. The lowest BCUT2D eigenvalue weighted by molar-refractivity contribution is -0.646. The molecule has 4 rings (SSSR count). The molecule has 0 bridgehead atoms. The van der Waals surface area contributed by atoms with Crippen molar-refractivity contribution in [3.8, 4) is 0 Å². The lowest BCUT2D eigenvalue weighted by Gasteiger charge is -2.05. The van der Waals surface area contributed by atoms with E-state index in [1.165, 1.54) is 28.7 Å². The number of aromatic nitrogens is 1. The van der Waals surface area contributed by atoms with Crippen LogP contribution in [0.1, 0.15) is 11.3 Å². The average molecular weight is 485 g/mol. The van der Waals surface area contributed by atoms with Crippen molar-refractivity contribution in [2.24, 2.45) is 7.05 Å². The summed E-state index contributed by atoms with van der Waals surface area (Å²) in [5, 5.41) is 4.47. The molecule has 178 valence electrons. The molecule has 0 saturated carbocycles. The largest absolute Gasteiger partial charge is 0.744 e. The summed E-state index contributed by atoms with van der Waals surface area (Å²) in [6.07, 6.45) is 12.1. The predicted octanol–water partition coefficient (Wildman–Crippen LogP) is 5.76. The highest BCUT2D eigenvalue weighted by Gasteiger charge is 2.07. The minimum Gasteiger partial charge on any atom is -0.744 e. The molecule has 0 radical (unpaired) electrons. The lowest BCUT2D eigenvalue weighted by atomic mass is 10.2. The van der Waals surface area contributed by atoms with Crippen LogP contribution in [-0.4, -0.2) is 13.0 Å². The van der Waals surface area contributed by atoms with Gasteiger partial charge in [0.05, 0.1) is 4.90 Å².